The number of aromatic hydroxyl groups is 1. The first-order valence-corrected chi connectivity index (χ1v) is 5.51. The summed E-state index contributed by atoms with van der Waals surface area (Å²) in [5.41, 5.74) is 7.94. The van der Waals surface area contributed by atoms with Crippen molar-refractivity contribution in [3.63, 3.8) is 0 Å². The molecule has 3 nitrogen and oxygen atoms in total. The summed E-state index contributed by atoms with van der Waals surface area (Å²) in [6.45, 7) is 0.479. The van der Waals surface area contributed by atoms with Gasteiger partial charge in [0.25, 0.3) is 0 Å². The van der Waals surface area contributed by atoms with Gasteiger partial charge < -0.3 is 16.2 Å². The van der Waals surface area contributed by atoms with Crippen LogP contribution in [0.2, 0.25) is 5.02 Å². The van der Waals surface area contributed by atoms with Crippen LogP contribution in [0.15, 0.2) is 36.4 Å². The Balaban J connectivity index is 0.00000162. The van der Waals surface area contributed by atoms with Crippen molar-refractivity contribution in [3.05, 3.63) is 53.1 Å². The van der Waals surface area contributed by atoms with Gasteiger partial charge in [0.15, 0.2) is 0 Å². The Morgan fingerprint density at radius 1 is 1.22 bits per heavy atom. The van der Waals surface area contributed by atoms with Crippen molar-refractivity contribution in [1.82, 2.24) is 0 Å². The molecular weight excluding hydrogens is 369 g/mol. The van der Waals surface area contributed by atoms with Gasteiger partial charge in [-0.15, -0.1) is 0 Å². The number of hydrogen-bond donors (Lipinski definition) is 3. The summed E-state index contributed by atoms with van der Waals surface area (Å²) in [6.07, 6.45) is 0. The number of phenols is 1. The third kappa shape index (κ3) is 4.38. The molecule has 88 valence electrons. The van der Waals surface area contributed by atoms with E-state index < -0.39 is 0 Å². The van der Waals surface area contributed by atoms with E-state index in [2.05, 4.69) is 11.4 Å². The van der Waals surface area contributed by atoms with E-state index in [0.717, 1.165) is 11.4 Å². The molecule has 0 spiro atoms. The fourth-order valence-corrected chi connectivity index (χ4v) is 1.62. The Kier molecular flexibility index (Phi) is 6.94. The minimum atomic E-state index is 0. The molecular formula is C13H12ClCsN2O. The number of rotatable bonds is 3. The fraction of sp³-hybridized carbons (Fsp3) is 0.0769. The summed E-state index contributed by atoms with van der Waals surface area (Å²) >= 11 is 5.79. The van der Waals surface area contributed by atoms with E-state index in [9.17, 15) is 5.11 Å². The SMILES string of the molecule is Nc1ccc(NCc2c[c-]cc(Cl)c2O)cc1.[Cs+]. The number of hydrogen-bond acceptors (Lipinski definition) is 3. The van der Waals surface area contributed by atoms with E-state index >= 15 is 0 Å². The van der Waals surface area contributed by atoms with Crippen LogP contribution in [0, 0.1) is 6.07 Å². The van der Waals surface area contributed by atoms with Crippen LogP contribution in [0.4, 0.5) is 11.4 Å². The Hall–Kier alpha value is 0.182. The first kappa shape index (κ1) is 16.2. The van der Waals surface area contributed by atoms with Gasteiger partial charge in [0.1, 0.15) is 0 Å². The fourth-order valence-electron chi connectivity index (χ4n) is 1.44. The minimum Gasteiger partial charge on any atom is -0.532 e. The van der Waals surface area contributed by atoms with Crippen LogP contribution in [-0.4, -0.2) is 5.11 Å². The molecule has 0 aliphatic carbocycles. The summed E-state index contributed by atoms with van der Waals surface area (Å²) in [4.78, 5) is 0. The number of anilines is 2. The van der Waals surface area contributed by atoms with E-state index in [1.54, 1.807) is 6.07 Å². The van der Waals surface area contributed by atoms with E-state index in [-0.39, 0.29) is 74.6 Å². The van der Waals surface area contributed by atoms with E-state index in [1.807, 2.05) is 24.3 Å². The number of benzene rings is 2. The van der Waals surface area contributed by atoms with Gasteiger partial charge in [0, 0.05) is 17.1 Å². The molecule has 0 amide bonds. The average molecular weight is 381 g/mol. The number of nitrogen functional groups attached to an aromatic ring is 1. The molecule has 5 heteroatoms. The van der Waals surface area contributed by atoms with Crippen LogP contribution in [-0.2, 0) is 6.54 Å². The van der Waals surface area contributed by atoms with Gasteiger partial charge in [-0.05, 0) is 35.8 Å². The Morgan fingerprint density at radius 3 is 2.56 bits per heavy atom. The maximum absolute atomic E-state index is 9.71. The van der Waals surface area contributed by atoms with E-state index in [4.69, 9.17) is 17.3 Å². The van der Waals surface area contributed by atoms with Gasteiger partial charge in [-0.3, -0.25) is 0 Å². The van der Waals surface area contributed by atoms with Gasteiger partial charge in [-0.1, -0.05) is 5.56 Å². The third-order valence-electron chi connectivity index (χ3n) is 2.39. The first-order chi connectivity index (χ1) is 8.16. The van der Waals surface area contributed by atoms with Crippen molar-refractivity contribution in [2.45, 2.75) is 6.54 Å². The summed E-state index contributed by atoms with van der Waals surface area (Å²) < 4.78 is 0. The van der Waals surface area contributed by atoms with Gasteiger partial charge in [0.2, 0.25) is 0 Å². The second-order valence-corrected chi connectivity index (χ2v) is 4.06. The number of phenolic OH excluding ortho intramolecular Hbond substituents is 1. The molecule has 2 aromatic carbocycles. The zero-order chi connectivity index (χ0) is 12.3. The molecule has 0 aliphatic heterocycles. The Morgan fingerprint density at radius 2 is 1.89 bits per heavy atom. The van der Waals surface area contributed by atoms with Gasteiger partial charge in [0.05, 0.1) is 0 Å². The molecule has 0 heterocycles. The molecule has 0 aliphatic rings. The molecule has 4 N–H and O–H groups in total. The van der Waals surface area contributed by atoms with Gasteiger partial charge >= 0.3 is 68.9 Å². The standard InChI is InChI=1S/C13H12ClN2O.Cs/c14-12-3-1-2-9(13(12)17)8-16-11-6-4-10(15)5-7-11;/h2-7,16-17H,8,15H2;/q-1;+1. The molecule has 2 aromatic rings. The molecule has 18 heavy (non-hydrogen) atoms. The smallest absolute Gasteiger partial charge is 0.532 e. The molecule has 0 radical (unpaired) electrons. The van der Waals surface area contributed by atoms with Crippen LogP contribution in [0.1, 0.15) is 5.56 Å². The van der Waals surface area contributed by atoms with Crippen molar-refractivity contribution in [2.75, 3.05) is 11.1 Å². The predicted molar refractivity (Wildman–Crippen MR) is 70.1 cm³/mol. The molecule has 0 fully saturated rings. The number of nitrogens with two attached hydrogens (primary N) is 1. The Bertz CT molecular complexity index is 517. The van der Waals surface area contributed by atoms with Crippen molar-refractivity contribution >= 4 is 23.0 Å². The first-order valence-electron chi connectivity index (χ1n) is 5.13. The van der Waals surface area contributed by atoms with E-state index in [0.29, 0.717) is 17.1 Å². The summed E-state index contributed by atoms with van der Waals surface area (Å²) in [7, 11) is 0. The van der Waals surface area contributed by atoms with Crippen LogP contribution in [0.5, 0.6) is 5.75 Å². The summed E-state index contributed by atoms with van der Waals surface area (Å²) in [6, 6.07) is 13.5. The minimum absolute atomic E-state index is 0. The van der Waals surface area contributed by atoms with Gasteiger partial charge in [-0.2, -0.15) is 29.8 Å². The zero-order valence-corrected chi connectivity index (χ0v) is 17.1. The predicted octanol–water partition coefficient (Wildman–Crippen LogP) is 0.0441. The van der Waals surface area contributed by atoms with E-state index in [1.165, 1.54) is 6.07 Å². The van der Waals surface area contributed by atoms with Crippen LogP contribution < -0.4 is 79.9 Å². The molecule has 0 aromatic heterocycles. The van der Waals surface area contributed by atoms with Crippen LogP contribution in [0.25, 0.3) is 0 Å². The van der Waals surface area contributed by atoms with Crippen molar-refractivity contribution in [2.24, 2.45) is 0 Å². The largest absolute Gasteiger partial charge is 1.00 e. The molecule has 0 saturated heterocycles. The normalized spacial score (nSPS) is 9.61. The third-order valence-corrected chi connectivity index (χ3v) is 2.68. The van der Waals surface area contributed by atoms with Crippen molar-refractivity contribution in [3.8, 4) is 5.75 Å². The second-order valence-electron chi connectivity index (χ2n) is 3.65. The number of nitrogens with one attached hydrogen (secondary N) is 1. The maximum Gasteiger partial charge on any atom is 1.00 e. The zero-order valence-electron chi connectivity index (χ0n) is 10.1. The molecule has 0 unspecified atom stereocenters. The second kappa shape index (κ2) is 7.69. The molecule has 0 saturated carbocycles. The maximum atomic E-state index is 9.71. The van der Waals surface area contributed by atoms with Crippen LogP contribution in [0.3, 0.4) is 0 Å². The Labute approximate surface area is 170 Å². The van der Waals surface area contributed by atoms with Crippen molar-refractivity contribution < 1.29 is 74.0 Å². The van der Waals surface area contributed by atoms with Crippen molar-refractivity contribution in [1.29, 1.82) is 0 Å². The quantitative estimate of drug-likeness (QED) is 0.521. The summed E-state index contributed by atoms with van der Waals surface area (Å²) in [5, 5.41) is 13.2. The topological polar surface area (TPSA) is 58.3 Å². The van der Waals surface area contributed by atoms with Gasteiger partial charge in [-0.25, -0.2) is 0 Å². The molecule has 2 rings (SSSR count). The number of halogens is 1. The average Bonchev–Trinajstić information content (AvgIpc) is 2.33. The monoisotopic (exact) mass is 380 g/mol. The summed E-state index contributed by atoms with van der Waals surface area (Å²) in [5.74, 6) is 0.0911. The molecule has 0 bridgehead atoms. The van der Waals surface area contributed by atoms with Crippen LogP contribution >= 0.6 is 11.6 Å². The molecule has 0 atom stereocenters.